The predicted molar refractivity (Wildman–Crippen MR) is 73.9 cm³/mol. The molecule has 0 spiro atoms. The molecule has 3 N–H and O–H groups in total. The number of aliphatic hydroxyl groups is 1. The van der Waals surface area contributed by atoms with Crippen molar-refractivity contribution in [2.75, 3.05) is 0 Å². The van der Waals surface area contributed by atoms with E-state index in [4.69, 9.17) is 5.73 Å². The Kier molecular flexibility index (Phi) is 5.36. The number of aliphatic hydroxyl groups excluding tert-OH is 1. The van der Waals surface area contributed by atoms with E-state index in [1.54, 1.807) is 24.3 Å². The van der Waals surface area contributed by atoms with Gasteiger partial charge in [-0.25, -0.2) is 0 Å². The smallest absolute Gasteiger partial charge is 0.185 e. The molecule has 19 heavy (non-hydrogen) atoms. The first-order valence-corrected chi connectivity index (χ1v) is 5.85. The lowest BCUT2D eigenvalue weighted by Gasteiger charge is -2.14. The Balaban J connectivity index is 2.94. The molecule has 2 atom stereocenters. The second-order valence-corrected chi connectivity index (χ2v) is 4.12. The van der Waals surface area contributed by atoms with E-state index in [1.807, 2.05) is 0 Å². The van der Waals surface area contributed by atoms with Crippen LogP contribution in [0.25, 0.3) is 0 Å². The SMILES string of the molecule is C=CC(=O)c1ccccc1C[C@H](N)C(=O)C(O)C=C. The fourth-order valence-corrected chi connectivity index (χ4v) is 1.72. The predicted octanol–water partition coefficient (Wildman–Crippen LogP) is 1.04. The summed E-state index contributed by atoms with van der Waals surface area (Å²) in [5.41, 5.74) is 6.87. The van der Waals surface area contributed by atoms with Gasteiger partial charge in [-0.15, -0.1) is 6.58 Å². The van der Waals surface area contributed by atoms with E-state index in [0.29, 0.717) is 11.1 Å². The number of nitrogens with two attached hydrogens (primary N) is 1. The quantitative estimate of drug-likeness (QED) is 0.435. The molecule has 0 fully saturated rings. The Labute approximate surface area is 112 Å². The van der Waals surface area contributed by atoms with E-state index in [0.717, 1.165) is 6.08 Å². The summed E-state index contributed by atoms with van der Waals surface area (Å²) in [5, 5.41) is 9.37. The number of rotatable bonds is 7. The Morgan fingerprint density at radius 3 is 2.53 bits per heavy atom. The minimum absolute atomic E-state index is 0.180. The van der Waals surface area contributed by atoms with E-state index in [2.05, 4.69) is 13.2 Å². The van der Waals surface area contributed by atoms with Crippen LogP contribution in [0, 0.1) is 0 Å². The van der Waals surface area contributed by atoms with Crippen LogP contribution in [-0.2, 0) is 11.2 Å². The van der Waals surface area contributed by atoms with Crippen molar-refractivity contribution in [3.8, 4) is 0 Å². The zero-order chi connectivity index (χ0) is 14.4. The maximum Gasteiger partial charge on any atom is 0.185 e. The third-order valence-electron chi connectivity index (χ3n) is 2.79. The summed E-state index contributed by atoms with van der Waals surface area (Å²) in [7, 11) is 0. The molecular formula is C15H17NO3. The third kappa shape index (κ3) is 3.71. The molecular weight excluding hydrogens is 242 g/mol. The van der Waals surface area contributed by atoms with Crippen molar-refractivity contribution < 1.29 is 14.7 Å². The van der Waals surface area contributed by atoms with Crippen LogP contribution in [0.2, 0.25) is 0 Å². The van der Waals surface area contributed by atoms with Crippen LogP contribution in [0.5, 0.6) is 0 Å². The molecule has 0 aliphatic heterocycles. The van der Waals surface area contributed by atoms with Gasteiger partial charge in [0.15, 0.2) is 11.6 Å². The molecule has 0 radical (unpaired) electrons. The Morgan fingerprint density at radius 1 is 1.32 bits per heavy atom. The summed E-state index contributed by atoms with van der Waals surface area (Å²) >= 11 is 0. The van der Waals surface area contributed by atoms with Gasteiger partial charge in [-0.3, -0.25) is 9.59 Å². The number of ketones is 2. The van der Waals surface area contributed by atoms with Crippen LogP contribution in [-0.4, -0.2) is 28.8 Å². The molecule has 0 heterocycles. The molecule has 0 amide bonds. The molecule has 0 saturated heterocycles. The first kappa shape index (κ1) is 15.0. The van der Waals surface area contributed by atoms with Gasteiger partial charge < -0.3 is 10.8 Å². The van der Waals surface area contributed by atoms with Gasteiger partial charge in [-0.05, 0) is 18.1 Å². The van der Waals surface area contributed by atoms with Crippen LogP contribution in [0.15, 0.2) is 49.6 Å². The third-order valence-corrected chi connectivity index (χ3v) is 2.79. The van der Waals surface area contributed by atoms with E-state index in [1.165, 1.54) is 6.08 Å². The van der Waals surface area contributed by atoms with E-state index >= 15 is 0 Å². The second kappa shape index (κ2) is 6.78. The molecule has 4 nitrogen and oxygen atoms in total. The zero-order valence-corrected chi connectivity index (χ0v) is 10.6. The van der Waals surface area contributed by atoms with Crippen molar-refractivity contribution >= 4 is 11.6 Å². The topological polar surface area (TPSA) is 80.4 Å². The standard InChI is InChI=1S/C15H17NO3/c1-3-13(17)11-8-6-5-7-10(11)9-12(16)15(19)14(18)4-2/h3-8,12,14,18H,1-2,9,16H2/t12-,14?/m0/s1. The van der Waals surface area contributed by atoms with Gasteiger partial charge in [0.05, 0.1) is 6.04 Å². The lowest BCUT2D eigenvalue weighted by atomic mass is 9.95. The monoisotopic (exact) mass is 259 g/mol. The lowest BCUT2D eigenvalue weighted by Crippen LogP contribution is -2.39. The highest BCUT2D eigenvalue weighted by atomic mass is 16.3. The van der Waals surface area contributed by atoms with Crippen molar-refractivity contribution in [2.45, 2.75) is 18.6 Å². The molecule has 0 saturated carbocycles. The average molecular weight is 259 g/mol. The molecule has 0 aliphatic carbocycles. The first-order chi connectivity index (χ1) is 9.01. The van der Waals surface area contributed by atoms with Crippen LogP contribution in [0.1, 0.15) is 15.9 Å². The molecule has 0 aliphatic rings. The van der Waals surface area contributed by atoms with Crippen molar-refractivity contribution in [3.63, 3.8) is 0 Å². The number of benzene rings is 1. The van der Waals surface area contributed by atoms with Gasteiger partial charge in [-0.2, -0.15) is 0 Å². The summed E-state index contributed by atoms with van der Waals surface area (Å²) in [6, 6.07) is 5.99. The van der Waals surface area contributed by atoms with Crippen molar-refractivity contribution in [1.29, 1.82) is 0 Å². The van der Waals surface area contributed by atoms with Crippen LogP contribution >= 0.6 is 0 Å². The normalized spacial score (nSPS) is 13.4. The first-order valence-electron chi connectivity index (χ1n) is 5.85. The van der Waals surface area contributed by atoms with Crippen molar-refractivity contribution in [3.05, 3.63) is 60.7 Å². The number of carbonyl (C=O) groups is 2. The molecule has 0 bridgehead atoms. The van der Waals surface area contributed by atoms with E-state index in [-0.39, 0.29) is 12.2 Å². The van der Waals surface area contributed by atoms with E-state index in [9.17, 15) is 14.7 Å². The van der Waals surface area contributed by atoms with Crippen LogP contribution in [0.3, 0.4) is 0 Å². The molecule has 1 rings (SSSR count). The summed E-state index contributed by atoms with van der Waals surface area (Å²) in [6.45, 7) is 6.77. The maximum atomic E-state index is 11.7. The summed E-state index contributed by atoms with van der Waals surface area (Å²) in [5.74, 6) is -0.740. The van der Waals surface area contributed by atoms with E-state index < -0.39 is 17.9 Å². The van der Waals surface area contributed by atoms with Gasteiger partial charge in [0, 0.05) is 5.56 Å². The van der Waals surface area contributed by atoms with Gasteiger partial charge in [0.1, 0.15) is 6.10 Å². The van der Waals surface area contributed by atoms with Gasteiger partial charge in [0.2, 0.25) is 0 Å². The lowest BCUT2D eigenvalue weighted by molar-refractivity contribution is -0.126. The number of carbonyl (C=O) groups excluding carboxylic acids is 2. The molecule has 4 heteroatoms. The maximum absolute atomic E-state index is 11.7. The number of allylic oxidation sites excluding steroid dienone is 1. The minimum Gasteiger partial charge on any atom is -0.381 e. The molecule has 1 unspecified atom stereocenters. The minimum atomic E-state index is -1.28. The summed E-state index contributed by atoms with van der Waals surface area (Å²) in [6.07, 6.45) is 1.24. The second-order valence-electron chi connectivity index (χ2n) is 4.12. The van der Waals surface area contributed by atoms with Crippen molar-refractivity contribution in [2.24, 2.45) is 5.73 Å². The molecule has 0 aromatic heterocycles. The zero-order valence-electron chi connectivity index (χ0n) is 10.6. The average Bonchev–Trinajstić information content (AvgIpc) is 2.45. The molecule has 1 aromatic carbocycles. The number of Topliss-reactive ketones (excluding diaryl/α,β-unsaturated/α-hetero) is 1. The van der Waals surface area contributed by atoms with Crippen molar-refractivity contribution in [1.82, 2.24) is 0 Å². The summed E-state index contributed by atoms with van der Waals surface area (Å²) < 4.78 is 0. The van der Waals surface area contributed by atoms with Gasteiger partial charge in [-0.1, -0.05) is 36.9 Å². The highest BCUT2D eigenvalue weighted by Crippen LogP contribution is 2.13. The Morgan fingerprint density at radius 2 is 1.95 bits per heavy atom. The highest BCUT2D eigenvalue weighted by molar-refractivity contribution is 6.05. The van der Waals surface area contributed by atoms with Gasteiger partial charge >= 0.3 is 0 Å². The largest absolute Gasteiger partial charge is 0.381 e. The number of hydrogen-bond acceptors (Lipinski definition) is 4. The van der Waals surface area contributed by atoms with Crippen LogP contribution in [0.4, 0.5) is 0 Å². The molecule has 1 aromatic rings. The fraction of sp³-hybridized carbons (Fsp3) is 0.200. The van der Waals surface area contributed by atoms with Crippen LogP contribution < -0.4 is 5.73 Å². The fourth-order valence-electron chi connectivity index (χ4n) is 1.72. The number of hydrogen-bond donors (Lipinski definition) is 2. The molecule has 100 valence electrons. The Bertz CT molecular complexity index is 508. The summed E-state index contributed by atoms with van der Waals surface area (Å²) in [4.78, 5) is 23.3. The Hall–Kier alpha value is -2.04. The van der Waals surface area contributed by atoms with Gasteiger partial charge in [0.25, 0.3) is 0 Å². The highest BCUT2D eigenvalue weighted by Gasteiger charge is 2.21.